The van der Waals surface area contributed by atoms with Crippen LogP contribution >= 0.6 is 0 Å². The molecule has 0 atom stereocenters. The maximum Gasteiger partial charge on any atom is 0.123 e. The van der Waals surface area contributed by atoms with Crippen molar-refractivity contribution in [3.8, 4) is 5.75 Å². The second kappa shape index (κ2) is 3.67. The summed E-state index contributed by atoms with van der Waals surface area (Å²) in [7, 11) is 0. The fraction of sp³-hybridized carbons (Fsp3) is 0.200. The summed E-state index contributed by atoms with van der Waals surface area (Å²) in [5.41, 5.74) is 5.27. The molecular weight excluding hydrogens is 196 g/mol. The van der Waals surface area contributed by atoms with Gasteiger partial charge in [-0.15, -0.1) is 0 Å². The third-order valence-electron chi connectivity index (χ3n) is 3.10. The Morgan fingerprint density at radius 1 is 0.938 bits per heavy atom. The van der Waals surface area contributed by atoms with E-state index in [0.29, 0.717) is 6.61 Å². The van der Waals surface area contributed by atoms with Crippen molar-refractivity contribution in [1.29, 1.82) is 0 Å². The number of fused-ring (bicyclic) bond motifs is 2. The first-order chi connectivity index (χ1) is 7.83. The van der Waals surface area contributed by atoms with Gasteiger partial charge in [-0.1, -0.05) is 42.0 Å². The van der Waals surface area contributed by atoms with Crippen molar-refractivity contribution < 1.29 is 4.74 Å². The molecule has 2 aromatic carbocycles. The maximum atomic E-state index is 5.83. The van der Waals surface area contributed by atoms with Crippen LogP contribution in [0.3, 0.4) is 0 Å². The second-order valence-corrected chi connectivity index (χ2v) is 4.35. The summed E-state index contributed by atoms with van der Waals surface area (Å²) >= 11 is 0. The summed E-state index contributed by atoms with van der Waals surface area (Å²) in [6.07, 6.45) is 0.979. The van der Waals surface area contributed by atoms with Crippen molar-refractivity contribution in [3.63, 3.8) is 0 Å². The van der Waals surface area contributed by atoms with Crippen LogP contribution in [-0.4, -0.2) is 0 Å². The molecule has 2 aromatic rings. The molecule has 0 radical (unpaired) electrons. The first kappa shape index (κ1) is 9.46. The fourth-order valence-corrected chi connectivity index (χ4v) is 2.22. The minimum Gasteiger partial charge on any atom is -0.489 e. The van der Waals surface area contributed by atoms with Gasteiger partial charge in [0, 0.05) is 6.42 Å². The Bertz CT molecular complexity index is 529. The van der Waals surface area contributed by atoms with Crippen molar-refractivity contribution in [2.24, 2.45) is 0 Å². The summed E-state index contributed by atoms with van der Waals surface area (Å²) in [4.78, 5) is 0. The van der Waals surface area contributed by atoms with Crippen LogP contribution in [0.2, 0.25) is 0 Å². The summed E-state index contributed by atoms with van der Waals surface area (Å²) in [5, 5.41) is 0. The van der Waals surface area contributed by atoms with Crippen LogP contribution in [0.1, 0.15) is 22.3 Å². The van der Waals surface area contributed by atoms with Crippen LogP contribution in [0, 0.1) is 6.92 Å². The quantitative estimate of drug-likeness (QED) is 0.647. The van der Waals surface area contributed by atoms with Gasteiger partial charge in [0.1, 0.15) is 12.4 Å². The first-order valence-corrected chi connectivity index (χ1v) is 5.62. The van der Waals surface area contributed by atoms with Crippen LogP contribution in [0.5, 0.6) is 5.75 Å². The van der Waals surface area contributed by atoms with Crippen molar-refractivity contribution in [1.82, 2.24) is 0 Å². The fourth-order valence-electron chi connectivity index (χ4n) is 2.22. The van der Waals surface area contributed by atoms with Crippen LogP contribution in [0.25, 0.3) is 0 Å². The van der Waals surface area contributed by atoms with Gasteiger partial charge >= 0.3 is 0 Å². The van der Waals surface area contributed by atoms with E-state index < -0.39 is 0 Å². The van der Waals surface area contributed by atoms with Gasteiger partial charge in [0.25, 0.3) is 0 Å². The Morgan fingerprint density at radius 2 is 1.75 bits per heavy atom. The van der Waals surface area contributed by atoms with Crippen molar-refractivity contribution in [2.75, 3.05) is 0 Å². The third kappa shape index (κ3) is 1.58. The average molecular weight is 210 g/mol. The minimum absolute atomic E-state index is 0.687. The van der Waals surface area contributed by atoms with E-state index in [1.165, 1.54) is 22.3 Å². The molecule has 1 heterocycles. The summed E-state index contributed by atoms with van der Waals surface area (Å²) < 4.78 is 5.83. The molecule has 0 saturated carbocycles. The molecule has 0 aliphatic carbocycles. The van der Waals surface area contributed by atoms with E-state index >= 15 is 0 Å². The zero-order valence-electron chi connectivity index (χ0n) is 9.36. The second-order valence-electron chi connectivity index (χ2n) is 4.35. The van der Waals surface area contributed by atoms with E-state index in [0.717, 1.165) is 12.2 Å². The number of hydrogen-bond donors (Lipinski definition) is 0. The first-order valence-electron chi connectivity index (χ1n) is 5.62. The standard InChI is InChI=1S/C15H14O/c1-11-6-7-15-14(8-11)9-12-4-2-3-5-13(12)10-16-15/h2-8H,9-10H2,1H3. The highest BCUT2D eigenvalue weighted by atomic mass is 16.5. The lowest BCUT2D eigenvalue weighted by atomic mass is 10.00. The lowest BCUT2D eigenvalue weighted by Gasteiger charge is -2.06. The molecule has 1 heteroatoms. The zero-order chi connectivity index (χ0) is 11.0. The monoisotopic (exact) mass is 210 g/mol. The van der Waals surface area contributed by atoms with Crippen molar-refractivity contribution in [2.45, 2.75) is 20.0 Å². The number of ether oxygens (including phenoxy) is 1. The van der Waals surface area contributed by atoms with Gasteiger partial charge in [0.2, 0.25) is 0 Å². The Labute approximate surface area is 95.7 Å². The Morgan fingerprint density at radius 3 is 2.62 bits per heavy atom. The number of aryl methyl sites for hydroxylation is 1. The van der Waals surface area contributed by atoms with E-state index in [4.69, 9.17) is 4.74 Å². The lowest BCUT2D eigenvalue weighted by molar-refractivity contribution is 0.307. The molecule has 0 N–H and O–H groups in total. The van der Waals surface area contributed by atoms with Crippen molar-refractivity contribution >= 4 is 0 Å². The molecule has 0 bridgehead atoms. The van der Waals surface area contributed by atoms with Crippen LogP contribution < -0.4 is 4.74 Å². The highest BCUT2D eigenvalue weighted by molar-refractivity contribution is 5.44. The molecule has 0 amide bonds. The molecule has 16 heavy (non-hydrogen) atoms. The number of rotatable bonds is 0. The molecule has 1 aliphatic rings. The smallest absolute Gasteiger partial charge is 0.123 e. The Balaban J connectivity index is 2.10. The molecule has 1 nitrogen and oxygen atoms in total. The molecule has 0 unspecified atom stereocenters. The molecular formula is C15H14O. The molecule has 80 valence electrons. The van der Waals surface area contributed by atoms with Gasteiger partial charge in [0.05, 0.1) is 0 Å². The van der Waals surface area contributed by atoms with E-state index in [1.54, 1.807) is 0 Å². The molecule has 3 rings (SSSR count). The highest BCUT2D eigenvalue weighted by Crippen LogP contribution is 2.28. The highest BCUT2D eigenvalue weighted by Gasteiger charge is 2.13. The van der Waals surface area contributed by atoms with Gasteiger partial charge in [-0.2, -0.15) is 0 Å². The molecule has 0 fully saturated rings. The average Bonchev–Trinajstić information content (AvgIpc) is 2.47. The Kier molecular flexibility index (Phi) is 2.17. The maximum absolute atomic E-state index is 5.83. The van der Waals surface area contributed by atoms with Crippen LogP contribution in [-0.2, 0) is 13.0 Å². The SMILES string of the molecule is Cc1ccc2c(c1)Cc1ccccc1CO2. The number of hydrogen-bond acceptors (Lipinski definition) is 1. The van der Waals surface area contributed by atoms with Gasteiger partial charge in [-0.25, -0.2) is 0 Å². The predicted molar refractivity (Wildman–Crippen MR) is 64.8 cm³/mol. The zero-order valence-corrected chi connectivity index (χ0v) is 9.36. The van der Waals surface area contributed by atoms with Crippen molar-refractivity contribution in [3.05, 3.63) is 64.7 Å². The van der Waals surface area contributed by atoms with E-state index in [1.807, 2.05) is 0 Å². The predicted octanol–water partition coefficient (Wildman–Crippen LogP) is 3.48. The Hall–Kier alpha value is -1.76. The van der Waals surface area contributed by atoms with Crippen LogP contribution in [0.15, 0.2) is 42.5 Å². The molecule has 0 saturated heterocycles. The summed E-state index contributed by atoms with van der Waals surface area (Å²) in [6, 6.07) is 14.9. The molecule has 0 spiro atoms. The van der Waals surface area contributed by atoms with E-state index in [9.17, 15) is 0 Å². The van der Waals surface area contributed by atoms with E-state index in [-0.39, 0.29) is 0 Å². The largest absolute Gasteiger partial charge is 0.489 e. The normalized spacial score (nSPS) is 13.3. The third-order valence-corrected chi connectivity index (χ3v) is 3.10. The van der Waals surface area contributed by atoms with Gasteiger partial charge in [0.15, 0.2) is 0 Å². The van der Waals surface area contributed by atoms with Crippen LogP contribution in [0.4, 0.5) is 0 Å². The summed E-state index contributed by atoms with van der Waals surface area (Å²) in [6.45, 7) is 2.81. The lowest BCUT2D eigenvalue weighted by Crippen LogP contribution is -1.94. The minimum atomic E-state index is 0.687. The summed E-state index contributed by atoms with van der Waals surface area (Å²) in [5.74, 6) is 1.03. The van der Waals surface area contributed by atoms with Gasteiger partial charge < -0.3 is 4.74 Å². The number of benzene rings is 2. The van der Waals surface area contributed by atoms with Gasteiger partial charge in [-0.05, 0) is 29.7 Å². The topological polar surface area (TPSA) is 9.23 Å². The molecule has 1 aliphatic heterocycles. The van der Waals surface area contributed by atoms with Gasteiger partial charge in [-0.3, -0.25) is 0 Å². The molecule has 0 aromatic heterocycles. The van der Waals surface area contributed by atoms with E-state index in [2.05, 4.69) is 49.4 Å².